The van der Waals surface area contributed by atoms with Crippen LogP contribution in [0.3, 0.4) is 0 Å². The first-order valence-corrected chi connectivity index (χ1v) is 5.54. The standard InChI is InChI=1S/C12H17N3O3/c1-8(11(16)15(2)3)13-7-10-5-4-9(6-14-10)12(17)18/h4-6,8,13H,7H2,1-3H3,(H,17,18). The van der Waals surface area contributed by atoms with E-state index in [1.54, 1.807) is 27.1 Å². The molecule has 6 heteroatoms. The number of hydrogen-bond acceptors (Lipinski definition) is 4. The Hall–Kier alpha value is -1.95. The van der Waals surface area contributed by atoms with E-state index in [9.17, 15) is 9.59 Å². The number of carbonyl (C=O) groups is 2. The molecule has 0 spiro atoms. The molecule has 0 saturated heterocycles. The number of likely N-dealkylation sites (N-methyl/N-ethyl adjacent to an activating group) is 1. The van der Waals surface area contributed by atoms with Crippen LogP contribution >= 0.6 is 0 Å². The van der Waals surface area contributed by atoms with Gasteiger partial charge in [-0.15, -0.1) is 0 Å². The van der Waals surface area contributed by atoms with Crippen molar-refractivity contribution in [3.63, 3.8) is 0 Å². The molecule has 0 aliphatic rings. The summed E-state index contributed by atoms with van der Waals surface area (Å²) >= 11 is 0. The van der Waals surface area contributed by atoms with Crippen LogP contribution in [0, 0.1) is 0 Å². The third-order valence-corrected chi connectivity index (χ3v) is 2.47. The molecule has 18 heavy (non-hydrogen) atoms. The average Bonchev–Trinajstić information content (AvgIpc) is 2.35. The highest BCUT2D eigenvalue weighted by Gasteiger charge is 2.14. The molecule has 6 nitrogen and oxygen atoms in total. The smallest absolute Gasteiger partial charge is 0.337 e. The molecule has 1 unspecified atom stereocenters. The highest BCUT2D eigenvalue weighted by atomic mass is 16.4. The van der Waals surface area contributed by atoms with Gasteiger partial charge < -0.3 is 15.3 Å². The van der Waals surface area contributed by atoms with Crippen LogP contribution in [-0.2, 0) is 11.3 Å². The highest BCUT2D eigenvalue weighted by molar-refractivity contribution is 5.87. The van der Waals surface area contributed by atoms with E-state index in [0.717, 1.165) is 0 Å². The zero-order valence-corrected chi connectivity index (χ0v) is 10.7. The molecule has 2 N–H and O–H groups in total. The number of pyridine rings is 1. The van der Waals surface area contributed by atoms with Crippen LogP contribution in [0.15, 0.2) is 18.3 Å². The van der Waals surface area contributed by atoms with Gasteiger partial charge in [0.25, 0.3) is 0 Å². The zero-order valence-electron chi connectivity index (χ0n) is 10.7. The molecule has 1 heterocycles. The first-order valence-electron chi connectivity index (χ1n) is 5.54. The van der Waals surface area contributed by atoms with E-state index in [0.29, 0.717) is 12.2 Å². The number of carboxylic acids is 1. The lowest BCUT2D eigenvalue weighted by Gasteiger charge is -2.17. The van der Waals surface area contributed by atoms with Crippen LogP contribution in [0.5, 0.6) is 0 Å². The molecule has 1 atom stereocenters. The summed E-state index contributed by atoms with van der Waals surface area (Å²) in [6, 6.07) is 2.81. The van der Waals surface area contributed by atoms with Gasteiger partial charge in [-0.05, 0) is 19.1 Å². The van der Waals surface area contributed by atoms with Crippen LogP contribution in [0.4, 0.5) is 0 Å². The van der Waals surface area contributed by atoms with Gasteiger partial charge in [-0.3, -0.25) is 9.78 Å². The van der Waals surface area contributed by atoms with Crippen molar-refractivity contribution in [2.45, 2.75) is 19.5 Å². The Bertz CT molecular complexity index is 429. The van der Waals surface area contributed by atoms with E-state index < -0.39 is 5.97 Å². The molecule has 1 amide bonds. The van der Waals surface area contributed by atoms with Crippen LogP contribution < -0.4 is 5.32 Å². The van der Waals surface area contributed by atoms with Crippen molar-refractivity contribution < 1.29 is 14.7 Å². The summed E-state index contributed by atoms with van der Waals surface area (Å²) in [5, 5.41) is 11.7. The third kappa shape index (κ3) is 3.81. The fourth-order valence-electron chi connectivity index (χ4n) is 1.39. The van der Waals surface area contributed by atoms with Gasteiger partial charge in [0.15, 0.2) is 0 Å². The third-order valence-electron chi connectivity index (χ3n) is 2.47. The Morgan fingerprint density at radius 3 is 2.56 bits per heavy atom. The van der Waals surface area contributed by atoms with Crippen molar-refractivity contribution in [1.82, 2.24) is 15.2 Å². The van der Waals surface area contributed by atoms with Crippen molar-refractivity contribution in [3.05, 3.63) is 29.6 Å². The quantitative estimate of drug-likeness (QED) is 0.789. The second-order valence-corrected chi connectivity index (χ2v) is 4.18. The highest BCUT2D eigenvalue weighted by Crippen LogP contribution is 2.01. The summed E-state index contributed by atoms with van der Waals surface area (Å²) in [4.78, 5) is 27.7. The first kappa shape index (κ1) is 14.1. The van der Waals surface area contributed by atoms with Crippen LogP contribution in [0.25, 0.3) is 0 Å². The SMILES string of the molecule is CC(NCc1ccc(C(=O)O)cn1)C(=O)N(C)C. The Balaban J connectivity index is 2.53. The Morgan fingerprint density at radius 2 is 2.11 bits per heavy atom. The Labute approximate surface area is 106 Å². The number of carboxylic acid groups (broad SMARTS) is 1. The van der Waals surface area contributed by atoms with Gasteiger partial charge in [-0.1, -0.05) is 0 Å². The summed E-state index contributed by atoms with van der Waals surface area (Å²) in [6.07, 6.45) is 1.30. The van der Waals surface area contributed by atoms with Crippen LogP contribution in [0.2, 0.25) is 0 Å². The summed E-state index contributed by atoms with van der Waals surface area (Å²) < 4.78 is 0. The summed E-state index contributed by atoms with van der Waals surface area (Å²) in [7, 11) is 3.39. The lowest BCUT2D eigenvalue weighted by molar-refractivity contribution is -0.130. The van der Waals surface area contributed by atoms with Crippen molar-refractivity contribution in [2.24, 2.45) is 0 Å². The molecule has 98 valence electrons. The molecule has 0 aliphatic heterocycles. The normalized spacial score (nSPS) is 11.9. The van der Waals surface area contributed by atoms with E-state index in [2.05, 4.69) is 10.3 Å². The van der Waals surface area contributed by atoms with Crippen molar-refractivity contribution in [3.8, 4) is 0 Å². The molecular weight excluding hydrogens is 234 g/mol. The van der Waals surface area contributed by atoms with E-state index in [1.807, 2.05) is 0 Å². The summed E-state index contributed by atoms with van der Waals surface area (Å²) in [5.41, 5.74) is 0.842. The number of hydrogen-bond donors (Lipinski definition) is 2. The van der Waals surface area contributed by atoms with Crippen molar-refractivity contribution in [1.29, 1.82) is 0 Å². The van der Waals surface area contributed by atoms with Gasteiger partial charge >= 0.3 is 5.97 Å². The van der Waals surface area contributed by atoms with Crippen molar-refractivity contribution >= 4 is 11.9 Å². The van der Waals surface area contributed by atoms with E-state index >= 15 is 0 Å². The minimum absolute atomic E-state index is 0.0165. The molecule has 1 aromatic rings. The largest absolute Gasteiger partial charge is 0.478 e. The van der Waals surface area contributed by atoms with Gasteiger partial charge in [-0.25, -0.2) is 4.79 Å². The minimum Gasteiger partial charge on any atom is -0.478 e. The predicted octanol–water partition coefficient (Wildman–Crippen LogP) is 0.346. The molecule has 0 radical (unpaired) electrons. The van der Waals surface area contributed by atoms with Gasteiger partial charge in [0.05, 0.1) is 17.3 Å². The number of carbonyl (C=O) groups excluding carboxylic acids is 1. The topological polar surface area (TPSA) is 82.5 Å². The predicted molar refractivity (Wildman–Crippen MR) is 66.2 cm³/mol. The average molecular weight is 251 g/mol. The molecule has 0 aromatic carbocycles. The minimum atomic E-state index is -1.00. The maximum atomic E-state index is 11.6. The summed E-state index contributed by atoms with van der Waals surface area (Å²) in [6.45, 7) is 2.19. The Morgan fingerprint density at radius 1 is 1.44 bits per heavy atom. The number of amides is 1. The number of nitrogens with one attached hydrogen (secondary N) is 1. The van der Waals surface area contributed by atoms with E-state index in [4.69, 9.17) is 5.11 Å². The number of aromatic nitrogens is 1. The maximum Gasteiger partial charge on any atom is 0.337 e. The van der Waals surface area contributed by atoms with Crippen LogP contribution in [-0.4, -0.2) is 47.0 Å². The fourth-order valence-corrected chi connectivity index (χ4v) is 1.39. The lowest BCUT2D eigenvalue weighted by Crippen LogP contribution is -2.41. The lowest BCUT2D eigenvalue weighted by atomic mass is 10.2. The molecule has 1 aromatic heterocycles. The molecule has 0 saturated carbocycles. The molecule has 1 rings (SSSR count). The van der Waals surface area contributed by atoms with E-state index in [1.165, 1.54) is 17.2 Å². The molecular formula is C12H17N3O3. The second kappa shape index (κ2) is 6.11. The maximum absolute atomic E-state index is 11.6. The number of nitrogens with zero attached hydrogens (tertiary/aromatic N) is 2. The number of aromatic carboxylic acids is 1. The fraction of sp³-hybridized carbons (Fsp3) is 0.417. The molecule has 0 aliphatic carbocycles. The Kier molecular flexibility index (Phi) is 4.79. The van der Waals surface area contributed by atoms with Gasteiger partial charge in [0, 0.05) is 26.8 Å². The molecule has 0 bridgehead atoms. The summed E-state index contributed by atoms with van der Waals surface area (Å²) in [5.74, 6) is -1.02. The van der Waals surface area contributed by atoms with Gasteiger partial charge in [0.1, 0.15) is 0 Å². The molecule has 0 fully saturated rings. The second-order valence-electron chi connectivity index (χ2n) is 4.18. The van der Waals surface area contributed by atoms with E-state index in [-0.39, 0.29) is 17.5 Å². The van der Waals surface area contributed by atoms with Crippen molar-refractivity contribution in [2.75, 3.05) is 14.1 Å². The number of rotatable bonds is 5. The first-order chi connectivity index (χ1) is 8.41. The van der Waals surface area contributed by atoms with Gasteiger partial charge in [-0.2, -0.15) is 0 Å². The van der Waals surface area contributed by atoms with Gasteiger partial charge in [0.2, 0.25) is 5.91 Å². The zero-order chi connectivity index (χ0) is 13.7. The van der Waals surface area contributed by atoms with Crippen LogP contribution in [0.1, 0.15) is 23.0 Å². The monoisotopic (exact) mass is 251 g/mol.